The summed E-state index contributed by atoms with van der Waals surface area (Å²) in [5.74, 6) is 0.453. The van der Waals surface area contributed by atoms with E-state index in [0.717, 1.165) is 24.2 Å². The van der Waals surface area contributed by atoms with E-state index in [-0.39, 0.29) is 5.91 Å². The molecule has 0 aliphatic carbocycles. The molecule has 1 amide bonds. The number of nitrogens with one attached hydrogen (secondary N) is 1. The van der Waals surface area contributed by atoms with Crippen LogP contribution in [0.5, 0.6) is 0 Å². The summed E-state index contributed by atoms with van der Waals surface area (Å²) in [4.78, 5) is 21.8. The van der Waals surface area contributed by atoms with E-state index in [1.54, 1.807) is 13.4 Å². The molecule has 4 rings (SSSR count). The van der Waals surface area contributed by atoms with Crippen LogP contribution in [0.4, 0.5) is 0 Å². The molecule has 0 saturated carbocycles. The number of hydrogen-bond acceptors (Lipinski definition) is 4. The second-order valence-corrected chi connectivity index (χ2v) is 6.76. The zero-order valence-electron chi connectivity index (χ0n) is 16.3. The topological polar surface area (TPSA) is 73.4 Å². The van der Waals surface area contributed by atoms with Gasteiger partial charge in [-0.3, -0.25) is 9.20 Å². The highest BCUT2D eigenvalue weighted by molar-refractivity contribution is 5.99. The Kier molecular flexibility index (Phi) is 5.67. The quantitative estimate of drug-likeness (QED) is 0.470. The molecule has 0 bridgehead atoms. The molecule has 7 heteroatoms. The summed E-state index contributed by atoms with van der Waals surface area (Å²) in [6.07, 6.45) is 6.40. The number of aromatic nitrogens is 4. The molecule has 0 fully saturated rings. The molecule has 3 aromatic heterocycles. The normalized spacial score (nSPS) is 11.1. The van der Waals surface area contributed by atoms with Crippen LogP contribution in [0.25, 0.3) is 17.0 Å². The maximum absolute atomic E-state index is 12.7. The molecule has 4 aromatic rings. The van der Waals surface area contributed by atoms with Gasteiger partial charge in [0, 0.05) is 39.2 Å². The summed E-state index contributed by atoms with van der Waals surface area (Å²) < 4.78 is 8.94. The Morgan fingerprint density at radius 1 is 1.14 bits per heavy atom. The molecule has 0 spiro atoms. The van der Waals surface area contributed by atoms with Gasteiger partial charge in [-0.2, -0.15) is 0 Å². The third-order valence-electron chi connectivity index (χ3n) is 4.64. The van der Waals surface area contributed by atoms with Crippen molar-refractivity contribution < 1.29 is 9.53 Å². The van der Waals surface area contributed by atoms with Crippen LogP contribution in [-0.2, 0) is 11.3 Å². The van der Waals surface area contributed by atoms with Gasteiger partial charge in [0.15, 0.2) is 11.5 Å². The lowest BCUT2D eigenvalue weighted by molar-refractivity contribution is 0.0946. The van der Waals surface area contributed by atoms with Crippen molar-refractivity contribution in [2.24, 2.45) is 0 Å². The van der Waals surface area contributed by atoms with Crippen LogP contribution in [0.15, 0.2) is 67.3 Å². The summed E-state index contributed by atoms with van der Waals surface area (Å²) in [5, 5.41) is 2.91. The van der Waals surface area contributed by atoms with Crippen LogP contribution in [0, 0.1) is 0 Å². The molecule has 0 unspecified atom stereocenters. The Bertz CT molecular complexity index is 1100. The molecule has 1 aromatic carbocycles. The molecular weight excluding hydrogens is 366 g/mol. The monoisotopic (exact) mass is 389 g/mol. The number of carbonyl (C=O) groups excluding carboxylic acids is 1. The van der Waals surface area contributed by atoms with E-state index in [9.17, 15) is 4.79 Å². The number of rotatable bonds is 8. The van der Waals surface area contributed by atoms with Crippen molar-refractivity contribution in [3.05, 3.63) is 78.5 Å². The molecule has 0 radical (unpaired) electrons. The minimum Gasteiger partial charge on any atom is -0.385 e. The molecule has 1 N–H and O–H groups in total. The first-order valence-corrected chi connectivity index (χ1v) is 9.56. The SMILES string of the molecule is COCCCNC(=O)c1nc(-c2cn(Cc3ccccc3)cn2)n2ccccc12. The van der Waals surface area contributed by atoms with Crippen LogP contribution < -0.4 is 5.32 Å². The van der Waals surface area contributed by atoms with E-state index < -0.39 is 0 Å². The van der Waals surface area contributed by atoms with Crippen LogP contribution in [0.1, 0.15) is 22.5 Å². The second-order valence-electron chi connectivity index (χ2n) is 6.76. The van der Waals surface area contributed by atoms with Crippen molar-refractivity contribution in [3.8, 4) is 11.5 Å². The highest BCUT2D eigenvalue weighted by Crippen LogP contribution is 2.22. The van der Waals surface area contributed by atoms with Gasteiger partial charge in [-0.25, -0.2) is 9.97 Å². The van der Waals surface area contributed by atoms with Crippen LogP contribution >= 0.6 is 0 Å². The van der Waals surface area contributed by atoms with E-state index in [0.29, 0.717) is 24.7 Å². The molecule has 0 atom stereocenters. The zero-order chi connectivity index (χ0) is 20.1. The lowest BCUT2D eigenvalue weighted by atomic mass is 10.2. The third kappa shape index (κ3) is 4.20. The summed E-state index contributed by atoms with van der Waals surface area (Å²) >= 11 is 0. The van der Waals surface area contributed by atoms with E-state index in [2.05, 4.69) is 27.4 Å². The van der Waals surface area contributed by atoms with Crippen LogP contribution in [0.3, 0.4) is 0 Å². The van der Waals surface area contributed by atoms with Gasteiger partial charge in [-0.1, -0.05) is 36.4 Å². The first-order valence-electron chi connectivity index (χ1n) is 9.56. The zero-order valence-corrected chi connectivity index (χ0v) is 16.3. The van der Waals surface area contributed by atoms with Gasteiger partial charge in [-0.05, 0) is 24.1 Å². The number of carbonyl (C=O) groups is 1. The average molecular weight is 389 g/mol. The minimum absolute atomic E-state index is 0.195. The molecule has 148 valence electrons. The molecule has 7 nitrogen and oxygen atoms in total. The predicted molar refractivity (Wildman–Crippen MR) is 111 cm³/mol. The van der Waals surface area contributed by atoms with E-state index in [1.165, 1.54) is 5.56 Å². The van der Waals surface area contributed by atoms with Crippen molar-refractivity contribution in [3.63, 3.8) is 0 Å². The number of ether oxygens (including phenoxy) is 1. The molecule has 0 aliphatic heterocycles. The van der Waals surface area contributed by atoms with Gasteiger partial charge in [0.2, 0.25) is 0 Å². The summed E-state index contributed by atoms with van der Waals surface area (Å²) in [6, 6.07) is 15.9. The smallest absolute Gasteiger partial charge is 0.272 e. The average Bonchev–Trinajstić information content (AvgIpc) is 3.36. The number of nitrogens with zero attached hydrogens (tertiary/aromatic N) is 4. The summed E-state index contributed by atoms with van der Waals surface area (Å²) in [5.41, 5.74) is 3.07. The first kappa shape index (κ1) is 18.9. The Balaban J connectivity index is 1.60. The number of methoxy groups -OCH3 is 1. The van der Waals surface area contributed by atoms with Gasteiger partial charge in [-0.15, -0.1) is 0 Å². The molecule has 0 aliphatic rings. The molecular formula is C22H23N5O2. The Morgan fingerprint density at radius 3 is 2.79 bits per heavy atom. The number of amides is 1. The Morgan fingerprint density at radius 2 is 1.97 bits per heavy atom. The van der Waals surface area contributed by atoms with Crippen molar-refractivity contribution in [2.45, 2.75) is 13.0 Å². The number of imidazole rings is 2. The lowest BCUT2D eigenvalue weighted by Gasteiger charge is -2.02. The third-order valence-corrected chi connectivity index (χ3v) is 4.64. The van der Waals surface area contributed by atoms with Crippen molar-refractivity contribution >= 4 is 11.4 Å². The van der Waals surface area contributed by atoms with E-state index in [1.807, 2.05) is 57.8 Å². The van der Waals surface area contributed by atoms with Crippen molar-refractivity contribution in [1.82, 2.24) is 24.3 Å². The van der Waals surface area contributed by atoms with Gasteiger partial charge in [0.05, 0.1) is 11.8 Å². The van der Waals surface area contributed by atoms with Gasteiger partial charge >= 0.3 is 0 Å². The standard InChI is InChI=1S/C22H23N5O2/c1-29-13-7-11-23-22(28)20-19-10-5-6-12-27(19)21(25-20)18-15-26(16-24-18)14-17-8-3-2-4-9-17/h2-6,8-10,12,15-16H,7,11,13-14H2,1H3,(H,23,28). The van der Waals surface area contributed by atoms with Crippen LogP contribution in [0.2, 0.25) is 0 Å². The maximum Gasteiger partial charge on any atom is 0.272 e. The number of pyridine rings is 1. The lowest BCUT2D eigenvalue weighted by Crippen LogP contribution is -2.25. The Labute approximate surface area is 169 Å². The summed E-state index contributed by atoms with van der Waals surface area (Å²) in [6.45, 7) is 1.87. The Hall–Kier alpha value is -3.45. The molecule has 29 heavy (non-hydrogen) atoms. The van der Waals surface area contributed by atoms with Gasteiger partial charge in [0.25, 0.3) is 5.91 Å². The molecule has 3 heterocycles. The van der Waals surface area contributed by atoms with Gasteiger partial charge < -0.3 is 14.6 Å². The van der Waals surface area contributed by atoms with Crippen molar-refractivity contribution in [1.29, 1.82) is 0 Å². The second kappa shape index (κ2) is 8.70. The fourth-order valence-electron chi connectivity index (χ4n) is 3.24. The minimum atomic E-state index is -0.195. The van der Waals surface area contributed by atoms with E-state index in [4.69, 9.17) is 4.74 Å². The highest BCUT2D eigenvalue weighted by atomic mass is 16.5. The maximum atomic E-state index is 12.7. The number of fused-ring (bicyclic) bond motifs is 1. The fourth-order valence-corrected chi connectivity index (χ4v) is 3.24. The first-order chi connectivity index (χ1) is 14.3. The number of hydrogen-bond donors (Lipinski definition) is 1. The van der Waals surface area contributed by atoms with E-state index >= 15 is 0 Å². The largest absolute Gasteiger partial charge is 0.385 e. The van der Waals surface area contributed by atoms with Crippen molar-refractivity contribution in [2.75, 3.05) is 20.3 Å². The van der Waals surface area contributed by atoms with Gasteiger partial charge in [0.1, 0.15) is 5.69 Å². The van der Waals surface area contributed by atoms with Crippen LogP contribution in [-0.4, -0.2) is 45.1 Å². The summed E-state index contributed by atoms with van der Waals surface area (Å²) in [7, 11) is 1.65. The predicted octanol–water partition coefficient (Wildman–Crippen LogP) is 3.01. The highest BCUT2D eigenvalue weighted by Gasteiger charge is 2.19. The molecule has 0 saturated heterocycles. The number of benzene rings is 1. The fraction of sp³-hybridized carbons (Fsp3) is 0.227.